The zero-order chi connectivity index (χ0) is 12.4. The van der Waals surface area contributed by atoms with Crippen LogP contribution in [0.2, 0.25) is 0 Å². The van der Waals surface area contributed by atoms with Gasteiger partial charge >= 0.3 is 0 Å². The average Bonchev–Trinajstić information content (AvgIpc) is 2.26. The van der Waals surface area contributed by atoms with Gasteiger partial charge in [0.1, 0.15) is 5.75 Å². The first-order valence-corrected chi connectivity index (χ1v) is 6.23. The minimum atomic E-state index is 0.614. The second-order valence-corrected chi connectivity index (χ2v) is 5.06. The summed E-state index contributed by atoms with van der Waals surface area (Å²) in [5.74, 6) is 1.51. The normalized spacial score (nSPS) is 10.4. The summed E-state index contributed by atoms with van der Waals surface area (Å²) < 4.78 is 6.76. The fourth-order valence-electron chi connectivity index (χ4n) is 1.85. The Labute approximate surface area is 110 Å². The van der Waals surface area contributed by atoms with Crippen LogP contribution in [-0.2, 0) is 0 Å². The van der Waals surface area contributed by atoms with Crippen molar-refractivity contribution in [3.05, 3.63) is 51.6 Å². The molecule has 0 bridgehead atoms. The van der Waals surface area contributed by atoms with Gasteiger partial charge in [-0.25, -0.2) is 4.98 Å². The van der Waals surface area contributed by atoms with Crippen molar-refractivity contribution in [3.8, 4) is 11.6 Å². The Morgan fingerprint density at radius 2 is 1.71 bits per heavy atom. The van der Waals surface area contributed by atoms with Gasteiger partial charge in [-0.3, -0.25) is 0 Å². The van der Waals surface area contributed by atoms with Gasteiger partial charge in [0, 0.05) is 16.7 Å². The van der Waals surface area contributed by atoms with E-state index >= 15 is 0 Å². The number of hydrogen-bond donors (Lipinski definition) is 0. The van der Waals surface area contributed by atoms with Crippen molar-refractivity contribution >= 4 is 15.9 Å². The van der Waals surface area contributed by atoms with E-state index in [1.54, 1.807) is 6.20 Å². The zero-order valence-electron chi connectivity index (χ0n) is 10.1. The summed E-state index contributed by atoms with van der Waals surface area (Å²) >= 11 is 3.35. The molecule has 0 aliphatic rings. The summed E-state index contributed by atoms with van der Waals surface area (Å²) in [6, 6.07) is 7.99. The van der Waals surface area contributed by atoms with Crippen LogP contribution in [0.15, 0.2) is 34.9 Å². The number of ether oxygens (including phenoxy) is 1. The van der Waals surface area contributed by atoms with Gasteiger partial charge in [-0.15, -0.1) is 0 Å². The Bertz CT molecular complexity index is 511. The second-order valence-electron chi connectivity index (χ2n) is 4.14. The Morgan fingerprint density at radius 3 is 2.24 bits per heavy atom. The number of aryl methyl sites for hydroxylation is 3. The van der Waals surface area contributed by atoms with E-state index in [0.29, 0.717) is 5.88 Å². The number of nitrogens with zero attached hydrogens (tertiary/aromatic N) is 1. The highest BCUT2D eigenvalue weighted by Gasteiger charge is 2.06. The van der Waals surface area contributed by atoms with E-state index in [-0.39, 0.29) is 0 Å². The van der Waals surface area contributed by atoms with Crippen LogP contribution in [0, 0.1) is 20.8 Å². The Kier molecular flexibility index (Phi) is 3.48. The molecule has 1 aromatic heterocycles. The highest BCUT2D eigenvalue weighted by Crippen LogP contribution is 2.29. The van der Waals surface area contributed by atoms with Crippen LogP contribution in [0.4, 0.5) is 0 Å². The number of benzene rings is 1. The minimum Gasteiger partial charge on any atom is -0.438 e. The number of halogens is 1. The maximum absolute atomic E-state index is 5.82. The van der Waals surface area contributed by atoms with Crippen molar-refractivity contribution < 1.29 is 4.74 Å². The Hall–Kier alpha value is -1.35. The molecule has 0 saturated heterocycles. The number of pyridine rings is 1. The standard InChI is InChI=1S/C14H14BrNO/c1-9-6-10(2)14(11(3)7-9)17-13-5-4-12(15)8-16-13/h4-8H,1-3H3. The number of hydrogen-bond acceptors (Lipinski definition) is 2. The molecule has 0 unspecified atom stereocenters. The van der Waals surface area contributed by atoms with Gasteiger partial charge in [-0.1, -0.05) is 17.7 Å². The van der Waals surface area contributed by atoms with Gasteiger partial charge in [0.15, 0.2) is 0 Å². The Morgan fingerprint density at radius 1 is 1.06 bits per heavy atom. The maximum atomic E-state index is 5.82. The van der Waals surface area contributed by atoms with Crippen molar-refractivity contribution in [2.45, 2.75) is 20.8 Å². The van der Waals surface area contributed by atoms with E-state index in [1.165, 1.54) is 5.56 Å². The molecule has 2 aromatic rings. The lowest BCUT2D eigenvalue weighted by atomic mass is 10.1. The van der Waals surface area contributed by atoms with Crippen molar-refractivity contribution in [1.29, 1.82) is 0 Å². The summed E-state index contributed by atoms with van der Waals surface area (Å²) in [7, 11) is 0. The van der Waals surface area contributed by atoms with Crippen LogP contribution >= 0.6 is 15.9 Å². The predicted octanol–water partition coefficient (Wildman–Crippen LogP) is 4.56. The molecule has 0 fully saturated rings. The molecule has 3 heteroatoms. The summed E-state index contributed by atoms with van der Waals surface area (Å²) in [5.41, 5.74) is 3.51. The number of aromatic nitrogens is 1. The highest BCUT2D eigenvalue weighted by atomic mass is 79.9. The zero-order valence-corrected chi connectivity index (χ0v) is 11.7. The number of rotatable bonds is 2. The molecule has 1 aromatic carbocycles. The SMILES string of the molecule is Cc1cc(C)c(Oc2ccc(Br)cn2)c(C)c1. The van der Waals surface area contributed by atoms with Crippen LogP contribution in [0.25, 0.3) is 0 Å². The van der Waals surface area contributed by atoms with Crippen molar-refractivity contribution in [1.82, 2.24) is 4.98 Å². The Balaban J connectivity index is 2.33. The first-order chi connectivity index (χ1) is 8.06. The maximum Gasteiger partial charge on any atom is 0.219 e. The summed E-state index contributed by atoms with van der Waals surface area (Å²) in [4.78, 5) is 4.21. The van der Waals surface area contributed by atoms with Crippen LogP contribution in [-0.4, -0.2) is 4.98 Å². The smallest absolute Gasteiger partial charge is 0.219 e. The van der Waals surface area contributed by atoms with Gasteiger partial charge in [0.25, 0.3) is 0 Å². The lowest BCUT2D eigenvalue weighted by Gasteiger charge is -2.11. The topological polar surface area (TPSA) is 22.1 Å². The minimum absolute atomic E-state index is 0.614. The van der Waals surface area contributed by atoms with Gasteiger partial charge in [0.2, 0.25) is 5.88 Å². The molecular weight excluding hydrogens is 278 g/mol. The van der Waals surface area contributed by atoms with E-state index in [0.717, 1.165) is 21.3 Å². The molecular formula is C14H14BrNO. The monoisotopic (exact) mass is 291 g/mol. The second kappa shape index (κ2) is 4.88. The molecule has 2 nitrogen and oxygen atoms in total. The third-order valence-corrected chi connectivity index (χ3v) is 2.98. The lowest BCUT2D eigenvalue weighted by molar-refractivity contribution is 0.455. The molecule has 0 amide bonds. The van der Waals surface area contributed by atoms with Crippen molar-refractivity contribution in [2.75, 3.05) is 0 Å². The summed E-state index contributed by atoms with van der Waals surface area (Å²) in [6.45, 7) is 6.18. The molecule has 88 valence electrons. The van der Waals surface area contributed by atoms with E-state index in [4.69, 9.17) is 4.74 Å². The molecule has 2 rings (SSSR count). The fourth-order valence-corrected chi connectivity index (χ4v) is 2.09. The average molecular weight is 292 g/mol. The van der Waals surface area contributed by atoms with Gasteiger partial charge in [-0.2, -0.15) is 0 Å². The van der Waals surface area contributed by atoms with E-state index in [2.05, 4.69) is 40.0 Å². The van der Waals surface area contributed by atoms with E-state index < -0.39 is 0 Å². The predicted molar refractivity (Wildman–Crippen MR) is 72.7 cm³/mol. The molecule has 1 heterocycles. The molecule has 0 atom stereocenters. The molecule has 0 spiro atoms. The molecule has 0 saturated carbocycles. The van der Waals surface area contributed by atoms with Crippen LogP contribution < -0.4 is 4.74 Å². The van der Waals surface area contributed by atoms with E-state index in [9.17, 15) is 0 Å². The third-order valence-electron chi connectivity index (χ3n) is 2.51. The quantitative estimate of drug-likeness (QED) is 0.809. The molecule has 0 aliphatic carbocycles. The third kappa shape index (κ3) is 2.86. The van der Waals surface area contributed by atoms with Gasteiger partial charge < -0.3 is 4.74 Å². The van der Waals surface area contributed by atoms with Crippen LogP contribution in [0.1, 0.15) is 16.7 Å². The van der Waals surface area contributed by atoms with Crippen LogP contribution in [0.5, 0.6) is 11.6 Å². The first kappa shape index (κ1) is 12.1. The van der Waals surface area contributed by atoms with Crippen molar-refractivity contribution in [2.24, 2.45) is 0 Å². The molecule has 0 aliphatic heterocycles. The molecule has 17 heavy (non-hydrogen) atoms. The van der Waals surface area contributed by atoms with Crippen LogP contribution in [0.3, 0.4) is 0 Å². The van der Waals surface area contributed by atoms with Crippen molar-refractivity contribution in [3.63, 3.8) is 0 Å². The van der Waals surface area contributed by atoms with Gasteiger partial charge in [-0.05, 0) is 53.9 Å². The fraction of sp³-hybridized carbons (Fsp3) is 0.214. The molecule has 0 N–H and O–H groups in total. The summed E-state index contributed by atoms with van der Waals surface area (Å²) in [6.07, 6.45) is 1.73. The summed E-state index contributed by atoms with van der Waals surface area (Å²) in [5, 5.41) is 0. The highest BCUT2D eigenvalue weighted by molar-refractivity contribution is 9.10. The first-order valence-electron chi connectivity index (χ1n) is 5.43. The van der Waals surface area contributed by atoms with Gasteiger partial charge in [0.05, 0.1) is 0 Å². The largest absolute Gasteiger partial charge is 0.438 e. The molecule has 0 radical (unpaired) electrons. The van der Waals surface area contributed by atoms with E-state index in [1.807, 2.05) is 26.0 Å². The lowest BCUT2D eigenvalue weighted by Crippen LogP contribution is -1.93.